The number of amides is 1. The van der Waals surface area contributed by atoms with Crippen molar-refractivity contribution >= 4 is 5.91 Å². The summed E-state index contributed by atoms with van der Waals surface area (Å²) in [6.07, 6.45) is 3.51. The van der Waals surface area contributed by atoms with Crippen LogP contribution in [0.25, 0.3) is 5.82 Å². The standard InChI is InChI=1S/C17H17N5O/c1-13-18-10-11-22(13)16-9-8-15(19-20-16)17(23)21(2)12-14-6-4-3-5-7-14/h3-11H,12H2,1-2H3. The zero-order valence-corrected chi connectivity index (χ0v) is 13.0. The number of carbonyl (C=O) groups is 1. The van der Waals surface area contributed by atoms with Gasteiger partial charge in [-0.15, -0.1) is 10.2 Å². The molecule has 116 valence electrons. The van der Waals surface area contributed by atoms with E-state index in [1.165, 1.54) is 0 Å². The topological polar surface area (TPSA) is 63.9 Å². The van der Waals surface area contributed by atoms with Crippen molar-refractivity contribution in [2.24, 2.45) is 0 Å². The smallest absolute Gasteiger partial charge is 0.274 e. The first-order chi connectivity index (χ1) is 11.1. The number of nitrogens with zero attached hydrogens (tertiary/aromatic N) is 5. The molecule has 23 heavy (non-hydrogen) atoms. The molecule has 0 atom stereocenters. The van der Waals surface area contributed by atoms with Gasteiger partial charge in [0.2, 0.25) is 0 Å². The van der Waals surface area contributed by atoms with Crippen LogP contribution in [0.1, 0.15) is 21.9 Å². The molecular formula is C17H17N5O. The molecule has 1 aromatic carbocycles. The van der Waals surface area contributed by atoms with Gasteiger partial charge < -0.3 is 4.90 Å². The number of hydrogen-bond acceptors (Lipinski definition) is 4. The molecule has 0 spiro atoms. The Morgan fingerprint density at radius 1 is 1.13 bits per heavy atom. The van der Waals surface area contributed by atoms with E-state index in [4.69, 9.17) is 0 Å². The van der Waals surface area contributed by atoms with Gasteiger partial charge in [0.05, 0.1) is 0 Å². The number of rotatable bonds is 4. The second kappa shape index (κ2) is 6.39. The molecule has 0 radical (unpaired) electrons. The second-order valence-corrected chi connectivity index (χ2v) is 5.27. The molecule has 0 aliphatic carbocycles. The zero-order chi connectivity index (χ0) is 16.2. The SMILES string of the molecule is Cc1nccn1-c1ccc(C(=O)N(C)Cc2ccccc2)nn1. The van der Waals surface area contributed by atoms with Gasteiger partial charge in [0, 0.05) is 26.0 Å². The van der Waals surface area contributed by atoms with Crippen LogP contribution in [0.4, 0.5) is 0 Å². The van der Waals surface area contributed by atoms with Gasteiger partial charge in [-0.05, 0) is 24.6 Å². The first-order valence-electron chi connectivity index (χ1n) is 7.28. The van der Waals surface area contributed by atoms with Crippen LogP contribution >= 0.6 is 0 Å². The number of carbonyl (C=O) groups excluding carboxylic acids is 1. The third-order valence-corrected chi connectivity index (χ3v) is 3.55. The van der Waals surface area contributed by atoms with Crippen LogP contribution in [0, 0.1) is 6.92 Å². The maximum atomic E-state index is 12.4. The van der Waals surface area contributed by atoms with Crippen LogP contribution in [-0.4, -0.2) is 37.6 Å². The van der Waals surface area contributed by atoms with E-state index >= 15 is 0 Å². The van der Waals surface area contributed by atoms with Gasteiger partial charge in [-0.1, -0.05) is 30.3 Å². The number of aromatic nitrogens is 4. The van der Waals surface area contributed by atoms with Crippen molar-refractivity contribution in [3.05, 3.63) is 71.9 Å². The third kappa shape index (κ3) is 3.26. The van der Waals surface area contributed by atoms with Crippen LogP contribution in [-0.2, 0) is 6.54 Å². The first-order valence-corrected chi connectivity index (χ1v) is 7.28. The minimum absolute atomic E-state index is 0.157. The van der Waals surface area contributed by atoms with Crippen LogP contribution in [0.3, 0.4) is 0 Å². The van der Waals surface area contributed by atoms with Crippen LogP contribution in [0.2, 0.25) is 0 Å². The summed E-state index contributed by atoms with van der Waals surface area (Å²) in [6.45, 7) is 2.41. The summed E-state index contributed by atoms with van der Waals surface area (Å²) in [5.74, 6) is 1.30. The summed E-state index contributed by atoms with van der Waals surface area (Å²) in [5, 5.41) is 8.17. The largest absolute Gasteiger partial charge is 0.336 e. The average Bonchev–Trinajstić information content (AvgIpc) is 3.01. The van der Waals surface area contributed by atoms with Crippen LogP contribution in [0.5, 0.6) is 0 Å². The Labute approximate surface area is 134 Å². The quantitative estimate of drug-likeness (QED) is 0.741. The van der Waals surface area contributed by atoms with E-state index < -0.39 is 0 Å². The van der Waals surface area contributed by atoms with E-state index in [2.05, 4.69) is 15.2 Å². The van der Waals surface area contributed by atoms with Crippen LogP contribution in [0.15, 0.2) is 54.9 Å². The zero-order valence-electron chi connectivity index (χ0n) is 13.0. The predicted molar refractivity (Wildman–Crippen MR) is 86.1 cm³/mol. The average molecular weight is 307 g/mol. The summed E-state index contributed by atoms with van der Waals surface area (Å²) >= 11 is 0. The van der Waals surface area contributed by atoms with Gasteiger partial charge in [-0.2, -0.15) is 0 Å². The van der Waals surface area contributed by atoms with Crippen molar-refractivity contribution in [2.75, 3.05) is 7.05 Å². The molecule has 0 aliphatic rings. The molecule has 3 rings (SSSR count). The highest BCUT2D eigenvalue weighted by Gasteiger charge is 2.14. The normalized spacial score (nSPS) is 10.5. The molecule has 0 bridgehead atoms. The monoisotopic (exact) mass is 307 g/mol. The van der Waals surface area contributed by atoms with Crippen LogP contribution < -0.4 is 0 Å². The molecule has 0 unspecified atom stereocenters. The van der Waals surface area contributed by atoms with E-state index in [0.29, 0.717) is 18.1 Å². The fourth-order valence-electron chi connectivity index (χ4n) is 2.31. The highest BCUT2D eigenvalue weighted by Crippen LogP contribution is 2.09. The van der Waals surface area contributed by atoms with Gasteiger partial charge in [0.15, 0.2) is 11.5 Å². The van der Waals surface area contributed by atoms with Crippen molar-refractivity contribution in [3.63, 3.8) is 0 Å². The molecule has 0 N–H and O–H groups in total. The summed E-state index contributed by atoms with van der Waals surface area (Å²) in [7, 11) is 1.75. The van der Waals surface area contributed by atoms with Crippen molar-refractivity contribution in [3.8, 4) is 5.82 Å². The predicted octanol–water partition coefficient (Wildman–Crippen LogP) is 2.24. The molecule has 0 fully saturated rings. The molecule has 0 aliphatic heterocycles. The fourth-order valence-corrected chi connectivity index (χ4v) is 2.31. The molecule has 2 heterocycles. The van der Waals surface area contributed by atoms with Gasteiger partial charge in [-0.3, -0.25) is 9.36 Å². The van der Waals surface area contributed by atoms with E-state index in [0.717, 1.165) is 11.4 Å². The maximum Gasteiger partial charge on any atom is 0.274 e. The Balaban J connectivity index is 1.74. The van der Waals surface area contributed by atoms with Gasteiger partial charge in [0.25, 0.3) is 5.91 Å². The van der Waals surface area contributed by atoms with Crippen molar-refractivity contribution in [1.29, 1.82) is 0 Å². The molecule has 2 aromatic heterocycles. The summed E-state index contributed by atoms with van der Waals surface area (Å²) in [4.78, 5) is 18.2. The van der Waals surface area contributed by atoms with Gasteiger partial charge >= 0.3 is 0 Å². The van der Waals surface area contributed by atoms with Crippen molar-refractivity contribution in [2.45, 2.75) is 13.5 Å². The maximum absolute atomic E-state index is 12.4. The number of hydrogen-bond donors (Lipinski definition) is 0. The molecule has 1 amide bonds. The Kier molecular flexibility index (Phi) is 4.14. The highest BCUT2D eigenvalue weighted by atomic mass is 16.2. The lowest BCUT2D eigenvalue weighted by atomic mass is 10.2. The third-order valence-electron chi connectivity index (χ3n) is 3.55. The van der Waals surface area contributed by atoms with Crippen molar-refractivity contribution < 1.29 is 4.79 Å². The Hall–Kier alpha value is -3.02. The van der Waals surface area contributed by atoms with E-state index in [1.54, 1.807) is 30.3 Å². The molecule has 0 saturated carbocycles. The minimum atomic E-state index is -0.157. The molecule has 3 aromatic rings. The molecule has 6 heteroatoms. The Bertz CT molecular complexity index is 795. The van der Waals surface area contributed by atoms with E-state index in [9.17, 15) is 4.79 Å². The number of benzene rings is 1. The van der Waals surface area contributed by atoms with E-state index in [1.807, 2.05) is 48.0 Å². The Morgan fingerprint density at radius 3 is 2.52 bits per heavy atom. The fraction of sp³-hybridized carbons (Fsp3) is 0.176. The lowest BCUT2D eigenvalue weighted by Gasteiger charge is -2.16. The molecular weight excluding hydrogens is 290 g/mol. The summed E-state index contributed by atoms with van der Waals surface area (Å²) in [6, 6.07) is 13.3. The highest BCUT2D eigenvalue weighted by molar-refractivity contribution is 5.91. The first kappa shape index (κ1) is 14.9. The number of imidazole rings is 1. The minimum Gasteiger partial charge on any atom is -0.336 e. The van der Waals surface area contributed by atoms with Crippen molar-refractivity contribution in [1.82, 2.24) is 24.6 Å². The number of aryl methyl sites for hydroxylation is 1. The summed E-state index contributed by atoms with van der Waals surface area (Å²) in [5.41, 5.74) is 1.40. The molecule has 0 saturated heterocycles. The summed E-state index contributed by atoms with van der Waals surface area (Å²) < 4.78 is 1.81. The van der Waals surface area contributed by atoms with Gasteiger partial charge in [0.1, 0.15) is 5.82 Å². The Morgan fingerprint density at radius 2 is 1.91 bits per heavy atom. The van der Waals surface area contributed by atoms with Gasteiger partial charge in [-0.25, -0.2) is 4.98 Å². The second-order valence-electron chi connectivity index (χ2n) is 5.27. The lowest BCUT2D eigenvalue weighted by molar-refractivity contribution is 0.0778. The molecule has 6 nitrogen and oxygen atoms in total. The van der Waals surface area contributed by atoms with E-state index in [-0.39, 0.29) is 5.91 Å². The lowest BCUT2D eigenvalue weighted by Crippen LogP contribution is -2.27.